The van der Waals surface area contributed by atoms with E-state index >= 15 is 0 Å². The lowest BCUT2D eigenvalue weighted by Crippen LogP contribution is -2.41. The zero-order chi connectivity index (χ0) is 40.0. The summed E-state index contributed by atoms with van der Waals surface area (Å²) >= 11 is 0. The maximum Gasteiger partial charge on any atom is 0.162 e. The molecule has 2 aliphatic rings. The van der Waals surface area contributed by atoms with Gasteiger partial charge >= 0.3 is 0 Å². The standard InChI is InChI=1S/2C24H30FNO2.2ClH.H2O/c2*1-18-6-3-4-7-22(18)24(28-2)15-13-21(14-16-24)26-17-5-8-23(27)19-9-11-20(25)12-10-19;;;/h2*3-4,6-7,9-12,21,26H,5,8,13-17H2,1-2H3;2*1H;1H2. The monoisotopic (exact) mass is 856 g/mol. The van der Waals surface area contributed by atoms with Crippen molar-refractivity contribution in [2.24, 2.45) is 0 Å². The first-order chi connectivity index (χ1) is 27.1. The summed E-state index contributed by atoms with van der Waals surface area (Å²) in [7, 11) is 3.64. The van der Waals surface area contributed by atoms with Gasteiger partial charge in [-0.05, 0) is 162 Å². The zero-order valence-corrected chi connectivity index (χ0v) is 36.6. The van der Waals surface area contributed by atoms with Crippen LogP contribution in [0.25, 0.3) is 0 Å². The van der Waals surface area contributed by atoms with Gasteiger partial charge in [-0.1, -0.05) is 48.5 Å². The van der Waals surface area contributed by atoms with Crippen molar-refractivity contribution in [1.29, 1.82) is 0 Å². The van der Waals surface area contributed by atoms with E-state index in [1.54, 1.807) is 24.3 Å². The molecule has 2 aliphatic carbocycles. The molecule has 324 valence electrons. The first kappa shape index (κ1) is 51.6. The van der Waals surface area contributed by atoms with E-state index in [4.69, 9.17) is 9.47 Å². The molecule has 4 N–H and O–H groups in total. The smallest absolute Gasteiger partial charge is 0.162 e. The van der Waals surface area contributed by atoms with Gasteiger partial charge in [0.1, 0.15) is 11.6 Å². The number of Topliss-reactive ketones (excluding diaryl/α,β-unsaturated/α-hetero) is 2. The summed E-state index contributed by atoms with van der Waals surface area (Å²) in [6, 6.07) is 29.5. The molecule has 59 heavy (non-hydrogen) atoms. The molecule has 7 nitrogen and oxygen atoms in total. The van der Waals surface area contributed by atoms with Crippen LogP contribution in [0, 0.1) is 25.5 Å². The first-order valence-corrected chi connectivity index (χ1v) is 20.3. The number of carbonyl (C=O) groups is 2. The Balaban J connectivity index is 0.000000387. The van der Waals surface area contributed by atoms with Crippen LogP contribution in [-0.2, 0) is 20.7 Å². The Bertz CT molecular complexity index is 1710. The summed E-state index contributed by atoms with van der Waals surface area (Å²) in [5, 5.41) is 7.20. The highest BCUT2D eigenvalue weighted by Crippen LogP contribution is 2.42. The largest absolute Gasteiger partial charge is 0.412 e. The van der Waals surface area contributed by atoms with Gasteiger partial charge in [-0.15, -0.1) is 24.8 Å². The lowest BCUT2D eigenvalue weighted by atomic mass is 9.76. The SMILES string of the molecule is COC1(c2ccccc2C)CCC(NCCCC(=O)c2ccc(F)cc2)CC1.COC1(c2ccccc2C)CCC(NCCCC(=O)c2ccc(F)cc2)CC1.Cl.Cl.O. The van der Waals surface area contributed by atoms with Gasteiger partial charge in [0, 0.05) is 50.3 Å². The summed E-state index contributed by atoms with van der Waals surface area (Å²) in [4.78, 5) is 24.3. The van der Waals surface area contributed by atoms with Crippen molar-refractivity contribution < 1.29 is 33.3 Å². The second-order valence-corrected chi connectivity index (χ2v) is 15.6. The van der Waals surface area contributed by atoms with Crippen LogP contribution in [0.3, 0.4) is 0 Å². The van der Waals surface area contributed by atoms with Gasteiger partial charge in [-0.2, -0.15) is 0 Å². The highest BCUT2D eigenvalue weighted by atomic mass is 35.5. The normalized spacial score (nSPS) is 21.1. The quantitative estimate of drug-likeness (QED) is 0.0858. The van der Waals surface area contributed by atoms with Crippen molar-refractivity contribution in [3.8, 4) is 0 Å². The fourth-order valence-electron chi connectivity index (χ4n) is 8.58. The van der Waals surface area contributed by atoms with E-state index < -0.39 is 0 Å². The van der Waals surface area contributed by atoms with Crippen LogP contribution in [0.15, 0.2) is 97.1 Å². The number of ether oxygens (including phenoxy) is 2. The number of aryl methyl sites for hydroxylation is 2. The van der Waals surface area contributed by atoms with Crippen LogP contribution in [0.2, 0.25) is 0 Å². The molecule has 4 aromatic rings. The van der Waals surface area contributed by atoms with E-state index in [0.717, 1.165) is 77.3 Å². The van der Waals surface area contributed by atoms with Crippen LogP contribution in [-0.4, -0.2) is 56.4 Å². The molecular formula is C48H64Cl2F2N2O5. The second kappa shape index (κ2) is 25.3. The summed E-state index contributed by atoms with van der Waals surface area (Å²) in [5.41, 5.74) is 6.00. The molecule has 11 heteroatoms. The average molecular weight is 858 g/mol. The van der Waals surface area contributed by atoms with Gasteiger partial charge in [0.25, 0.3) is 0 Å². The number of ketones is 2. The number of benzene rings is 4. The second-order valence-electron chi connectivity index (χ2n) is 15.6. The summed E-state index contributed by atoms with van der Waals surface area (Å²) in [6.07, 6.45) is 10.8. The van der Waals surface area contributed by atoms with E-state index in [1.807, 2.05) is 14.2 Å². The molecule has 0 atom stereocenters. The Hall–Kier alpha value is -3.54. The molecule has 0 amide bonds. The van der Waals surface area contributed by atoms with Gasteiger partial charge < -0.3 is 25.6 Å². The molecule has 0 saturated heterocycles. The van der Waals surface area contributed by atoms with Gasteiger partial charge in [0.05, 0.1) is 11.2 Å². The van der Waals surface area contributed by atoms with Crippen molar-refractivity contribution in [2.45, 2.75) is 114 Å². The molecule has 0 spiro atoms. The van der Waals surface area contributed by atoms with Gasteiger partial charge in [0.2, 0.25) is 0 Å². The minimum Gasteiger partial charge on any atom is -0.412 e. The molecule has 0 unspecified atom stereocenters. The van der Waals surface area contributed by atoms with Crippen molar-refractivity contribution in [3.05, 3.63) is 142 Å². The van der Waals surface area contributed by atoms with Crippen molar-refractivity contribution >= 4 is 36.4 Å². The van der Waals surface area contributed by atoms with Crippen LogP contribution >= 0.6 is 24.8 Å². The molecule has 0 aliphatic heterocycles. The minimum atomic E-state index is -0.312. The topological polar surface area (TPSA) is 108 Å². The first-order valence-electron chi connectivity index (χ1n) is 20.3. The molecule has 0 heterocycles. The lowest BCUT2D eigenvalue weighted by molar-refractivity contribution is -0.0505. The number of methoxy groups -OCH3 is 2. The fourth-order valence-corrected chi connectivity index (χ4v) is 8.58. The number of carbonyl (C=O) groups excluding carboxylic acids is 2. The van der Waals surface area contributed by atoms with Crippen molar-refractivity contribution in [3.63, 3.8) is 0 Å². The minimum absolute atomic E-state index is 0. The average Bonchev–Trinajstić information content (AvgIpc) is 3.22. The fraction of sp³-hybridized carbons (Fsp3) is 0.458. The van der Waals surface area contributed by atoms with Gasteiger partial charge in [-0.3, -0.25) is 9.59 Å². The third kappa shape index (κ3) is 14.3. The van der Waals surface area contributed by atoms with Crippen LogP contribution in [0.4, 0.5) is 8.78 Å². The van der Waals surface area contributed by atoms with E-state index in [0.29, 0.717) is 36.1 Å². The van der Waals surface area contributed by atoms with Crippen molar-refractivity contribution in [1.82, 2.24) is 10.6 Å². The molecule has 0 bridgehead atoms. The number of hydrogen-bond donors (Lipinski definition) is 2. The summed E-state index contributed by atoms with van der Waals surface area (Å²) < 4.78 is 37.9. The molecule has 2 fully saturated rings. The van der Waals surface area contributed by atoms with Crippen LogP contribution in [0.1, 0.15) is 120 Å². The number of halogens is 4. The molecule has 6 rings (SSSR count). The van der Waals surface area contributed by atoms with E-state index in [9.17, 15) is 18.4 Å². The molecule has 2 saturated carbocycles. The Kier molecular flexibility index (Phi) is 22.1. The Morgan fingerprint density at radius 1 is 0.576 bits per heavy atom. The maximum atomic E-state index is 12.9. The van der Waals surface area contributed by atoms with E-state index in [-0.39, 0.29) is 64.7 Å². The lowest BCUT2D eigenvalue weighted by Gasteiger charge is -2.40. The number of hydrogen-bond acceptors (Lipinski definition) is 6. The molecule has 4 aromatic carbocycles. The third-order valence-corrected chi connectivity index (χ3v) is 12.0. The molecular weight excluding hydrogens is 793 g/mol. The number of rotatable bonds is 16. The Morgan fingerprint density at radius 3 is 1.20 bits per heavy atom. The van der Waals surface area contributed by atoms with Crippen LogP contribution < -0.4 is 10.6 Å². The third-order valence-electron chi connectivity index (χ3n) is 12.0. The van der Waals surface area contributed by atoms with E-state index in [2.05, 4.69) is 73.0 Å². The summed E-state index contributed by atoms with van der Waals surface area (Å²) in [6.45, 7) is 5.95. The highest BCUT2D eigenvalue weighted by molar-refractivity contribution is 5.96. The highest BCUT2D eigenvalue weighted by Gasteiger charge is 2.38. The maximum absolute atomic E-state index is 12.9. The van der Waals surface area contributed by atoms with Crippen molar-refractivity contribution in [2.75, 3.05) is 27.3 Å². The Labute approximate surface area is 362 Å². The van der Waals surface area contributed by atoms with Gasteiger partial charge in [-0.25, -0.2) is 8.78 Å². The van der Waals surface area contributed by atoms with Crippen LogP contribution in [0.5, 0.6) is 0 Å². The Morgan fingerprint density at radius 2 is 0.898 bits per heavy atom. The summed E-state index contributed by atoms with van der Waals surface area (Å²) in [5.74, 6) is -0.478. The predicted molar refractivity (Wildman–Crippen MR) is 238 cm³/mol. The van der Waals surface area contributed by atoms with Gasteiger partial charge in [0.15, 0.2) is 11.6 Å². The number of nitrogens with one attached hydrogen (secondary N) is 2. The molecule has 0 aromatic heterocycles. The molecule has 0 radical (unpaired) electrons. The zero-order valence-electron chi connectivity index (χ0n) is 35.0. The predicted octanol–water partition coefficient (Wildman–Crippen LogP) is 10.4. The van der Waals surface area contributed by atoms with E-state index in [1.165, 1.54) is 46.5 Å².